The second-order valence-corrected chi connectivity index (χ2v) is 4.74. The molecule has 2 aromatic carbocycles. The van der Waals surface area contributed by atoms with E-state index in [1.807, 2.05) is 0 Å². The largest absolute Gasteiger partial charge is 0.504 e. The van der Waals surface area contributed by atoms with Crippen molar-refractivity contribution in [1.29, 1.82) is 0 Å². The quantitative estimate of drug-likeness (QED) is 0.624. The molecule has 0 saturated heterocycles. The van der Waals surface area contributed by atoms with E-state index in [1.165, 1.54) is 12.1 Å². The minimum atomic E-state index is -0.435. The zero-order chi connectivity index (χ0) is 14.3. The molecule has 0 unspecified atom stereocenters. The molecule has 0 atom stereocenters. The van der Waals surface area contributed by atoms with Crippen LogP contribution in [0.4, 0.5) is 0 Å². The molecular weight excluding hydrogens is 280 g/mol. The monoisotopic (exact) mass is 288 g/mol. The summed E-state index contributed by atoms with van der Waals surface area (Å²) in [5.41, 5.74) is 0.967. The van der Waals surface area contributed by atoms with Gasteiger partial charge in [-0.15, -0.1) is 0 Å². The highest BCUT2D eigenvalue weighted by Gasteiger charge is 2.31. The second-order valence-electron chi connectivity index (χ2n) is 4.30. The molecule has 0 spiro atoms. The third kappa shape index (κ3) is 2.00. The van der Waals surface area contributed by atoms with Gasteiger partial charge in [-0.3, -0.25) is 4.79 Å². The Labute approximate surface area is 119 Å². The number of phenolic OH excluding ortho intramolecular Hbond substituents is 2. The van der Waals surface area contributed by atoms with Crippen molar-refractivity contribution in [3.63, 3.8) is 0 Å². The Morgan fingerprint density at radius 1 is 1.05 bits per heavy atom. The van der Waals surface area contributed by atoms with E-state index in [1.54, 1.807) is 30.3 Å². The number of fused-ring (bicyclic) bond motifs is 1. The molecule has 0 aliphatic carbocycles. The maximum atomic E-state index is 12.1. The van der Waals surface area contributed by atoms with Gasteiger partial charge in [0.1, 0.15) is 0 Å². The van der Waals surface area contributed by atoms with Gasteiger partial charge in [-0.2, -0.15) is 0 Å². The number of ketones is 1. The Hall–Kier alpha value is -2.46. The van der Waals surface area contributed by atoms with Gasteiger partial charge >= 0.3 is 0 Å². The number of Topliss-reactive ketones (excluding diaryl/α,β-unsaturated/α-hetero) is 1. The van der Waals surface area contributed by atoms with Crippen LogP contribution in [0, 0.1) is 0 Å². The summed E-state index contributed by atoms with van der Waals surface area (Å²) in [6.45, 7) is 0. The number of hydrogen-bond acceptors (Lipinski definition) is 4. The summed E-state index contributed by atoms with van der Waals surface area (Å²) < 4.78 is 5.33. The summed E-state index contributed by atoms with van der Waals surface area (Å²) in [7, 11) is 0. The summed E-state index contributed by atoms with van der Waals surface area (Å²) in [5, 5.41) is 19.7. The summed E-state index contributed by atoms with van der Waals surface area (Å²) >= 11 is 5.79. The predicted octanol–water partition coefficient (Wildman–Crippen LogP) is 3.37. The lowest BCUT2D eigenvalue weighted by atomic mass is 10.1. The van der Waals surface area contributed by atoms with Crippen LogP contribution < -0.4 is 4.74 Å². The van der Waals surface area contributed by atoms with Gasteiger partial charge < -0.3 is 14.9 Å². The lowest BCUT2D eigenvalue weighted by Gasteiger charge is -2.02. The van der Waals surface area contributed by atoms with Crippen molar-refractivity contribution in [3.05, 3.63) is 58.3 Å². The zero-order valence-corrected chi connectivity index (χ0v) is 10.9. The molecule has 0 fully saturated rings. The van der Waals surface area contributed by atoms with Crippen LogP contribution in [0.1, 0.15) is 15.9 Å². The van der Waals surface area contributed by atoms with Crippen molar-refractivity contribution in [2.45, 2.75) is 0 Å². The first-order valence-corrected chi connectivity index (χ1v) is 6.19. The standard InChI is InChI=1S/C15H9ClO4/c16-9-3-1-8(2-4-9)7-12-13(18)10-5-6-11(17)14(19)15(10)20-12/h1-7,17,19H/b12-7-. The molecular formula is C15H9ClO4. The van der Waals surface area contributed by atoms with E-state index in [0.29, 0.717) is 5.02 Å². The fourth-order valence-corrected chi connectivity index (χ4v) is 2.06. The predicted molar refractivity (Wildman–Crippen MR) is 74.2 cm³/mol. The molecule has 3 rings (SSSR count). The Morgan fingerprint density at radius 3 is 2.45 bits per heavy atom. The fraction of sp³-hybridized carbons (Fsp3) is 0. The van der Waals surface area contributed by atoms with Crippen molar-refractivity contribution >= 4 is 23.5 Å². The third-order valence-electron chi connectivity index (χ3n) is 2.96. The van der Waals surface area contributed by atoms with E-state index in [9.17, 15) is 15.0 Å². The molecule has 0 radical (unpaired) electrons. The van der Waals surface area contributed by atoms with Gasteiger partial charge in [0.25, 0.3) is 0 Å². The average molecular weight is 289 g/mol. The van der Waals surface area contributed by atoms with E-state index < -0.39 is 5.75 Å². The van der Waals surface area contributed by atoms with Crippen LogP contribution >= 0.6 is 11.6 Å². The van der Waals surface area contributed by atoms with Crippen molar-refractivity contribution in [2.75, 3.05) is 0 Å². The zero-order valence-electron chi connectivity index (χ0n) is 10.1. The summed E-state index contributed by atoms with van der Waals surface area (Å²) in [6, 6.07) is 9.54. The van der Waals surface area contributed by atoms with Gasteiger partial charge in [0.15, 0.2) is 17.3 Å². The molecule has 4 nitrogen and oxygen atoms in total. The molecule has 0 bridgehead atoms. The third-order valence-corrected chi connectivity index (χ3v) is 3.21. The van der Waals surface area contributed by atoms with Crippen LogP contribution in [-0.4, -0.2) is 16.0 Å². The Morgan fingerprint density at radius 2 is 1.75 bits per heavy atom. The highest BCUT2D eigenvalue weighted by atomic mass is 35.5. The Balaban J connectivity index is 2.01. The second kappa shape index (κ2) is 4.58. The van der Waals surface area contributed by atoms with E-state index in [2.05, 4.69) is 0 Å². The molecule has 1 aliphatic heterocycles. The number of ether oxygens (including phenoxy) is 1. The number of benzene rings is 2. The first-order valence-electron chi connectivity index (χ1n) is 5.81. The van der Waals surface area contributed by atoms with Gasteiger partial charge in [0, 0.05) is 5.02 Å². The van der Waals surface area contributed by atoms with Gasteiger partial charge in [-0.05, 0) is 35.9 Å². The number of hydrogen-bond donors (Lipinski definition) is 2. The summed E-state index contributed by atoms with van der Waals surface area (Å²) in [4.78, 5) is 12.1. The molecule has 0 saturated carbocycles. The lowest BCUT2D eigenvalue weighted by Crippen LogP contribution is -1.97. The van der Waals surface area contributed by atoms with Crippen LogP contribution in [0.5, 0.6) is 17.2 Å². The fourth-order valence-electron chi connectivity index (χ4n) is 1.94. The maximum absolute atomic E-state index is 12.1. The molecule has 1 aliphatic rings. The SMILES string of the molecule is O=C1/C(=C/c2ccc(Cl)cc2)Oc2c1ccc(O)c2O. The van der Waals surface area contributed by atoms with Crippen LogP contribution in [0.3, 0.4) is 0 Å². The Kier molecular flexibility index (Phi) is 2.88. The molecule has 20 heavy (non-hydrogen) atoms. The molecule has 0 aromatic heterocycles. The summed E-state index contributed by atoms with van der Waals surface area (Å²) in [6.07, 6.45) is 1.55. The normalized spacial score (nSPS) is 15.2. The van der Waals surface area contributed by atoms with Gasteiger partial charge in [0.05, 0.1) is 5.56 Å². The Bertz CT molecular complexity index is 732. The lowest BCUT2D eigenvalue weighted by molar-refractivity contribution is 0.101. The van der Waals surface area contributed by atoms with Gasteiger partial charge in [0.2, 0.25) is 11.5 Å². The van der Waals surface area contributed by atoms with Crippen molar-refractivity contribution in [1.82, 2.24) is 0 Å². The maximum Gasteiger partial charge on any atom is 0.232 e. The van der Waals surface area contributed by atoms with Crippen molar-refractivity contribution in [3.8, 4) is 17.2 Å². The van der Waals surface area contributed by atoms with Crippen LogP contribution in [0.2, 0.25) is 5.02 Å². The summed E-state index contributed by atoms with van der Waals surface area (Å²) in [5.74, 6) is -1.04. The number of phenols is 2. The first-order chi connectivity index (χ1) is 9.56. The number of aromatic hydroxyl groups is 2. The van der Waals surface area contributed by atoms with Gasteiger partial charge in [-0.25, -0.2) is 0 Å². The number of carbonyl (C=O) groups is 1. The van der Waals surface area contributed by atoms with E-state index >= 15 is 0 Å². The highest BCUT2D eigenvalue weighted by molar-refractivity contribution is 6.30. The minimum Gasteiger partial charge on any atom is -0.504 e. The number of halogens is 1. The van der Waals surface area contributed by atoms with Crippen LogP contribution in [-0.2, 0) is 0 Å². The molecule has 5 heteroatoms. The van der Waals surface area contributed by atoms with Crippen LogP contribution in [0.15, 0.2) is 42.2 Å². The van der Waals surface area contributed by atoms with Crippen molar-refractivity contribution in [2.24, 2.45) is 0 Å². The first kappa shape index (κ1) is 12.6. The van der Waals surface area contributed by atoms with Crippen molar-refractivity contribution < 1.29 is 19.7 Å². The molecule has 2 N–H and O–H groups in total. The van der Waals surface area contributed by atoms with E-state index in [-0.39, 0.29) is 28.6 Å². The number of carbonyl (C=O) groups excluding carboxylic acids is 1. The smallest absolute Gasteiger partial charge is 0.232 e. The van der Waals surface area contributed by atoms with E-state index in [0.717, 1.165) is 5.56 Å². The molecule has 100 valence electrons. The average Bonchev–Trinajstić information content (AvgIpc) is 2.75. The van der Waals surface area contributed by atoms with Crippen LogP contribution in [0.25, 0.3) is 6.08 Å². The molecule has 0 amide bonds. The van der Waals surface area contributed by atoms with Gasteiger partial charge in [-0.1, -0.05) is 23.7 Å². The number of allylic oxidation sites excluding steroid dienone is 1. The minimum absolute atomic E-state index is 0.0183. The molecule has 2 aromatic rings. The topological polar surface area (TPSA) is 66.8 Å². The van der Waals surface area contributed by atoms with E-state index in [4.69, 9.17) is 16.3 Å². The number of rotatable bonds is 1. The molecule has 1 heterocycles. The highest BCUT2D eigenvalue weighted by Crippen LogP contribution is 2.44.